The Balaban J connectivity index is 2.50. The number of carbonyl (C=O) groups is 1. The Morgan fingerprint density at radius 2 is 2.23 bits per heavy atom. The van der Waals surface area contributed by atoms with Gasteiger partial charge in [-0.05, 0) is 30.5 Å². The minimum Gasteiger partial charge on any atom is -0.294 e. The molecule has 0 bridgehead atoms. The molecular formula is C11H11BrO. The van der Waals surface area contributed by atoms with Crippen LogP contribution in [0.15, 0.2) is 22.7 Å². The van der Waals surface area contributed by atoms with E-state index >= 15 is 0 Å². The van der Waals surface area contributed by atoms with Gasteiger partial charge in [0.25, 0.3) is 0 Å². The molecule has 0 saturated heterocycles. The summed E-state index contributed by atoms with van der Waals surface area (Å²) in [6, 6.07) is 5.92. The first-order chi connectivity index (χ1) is 6.18. The summed E-state index contributed by atoms with van der Waals surface area (Å²) >= 11 is 3.41. The van der Waals surface area contributed by atoms with E-state index in [1.165, 1.54) is 5.56 Å². The van der Waals surface area contributed by atoms with E-state index in [0.29, 0.717) is 5.78 Å². The second kappa shape index (κ2) is 3.26. The molecule has 0 fully saturated rings. The Kier molecular flexibility index (Phi) is 2.24. The van der Waals surface area contributed by atoms with Gasteiger partial charge in [-0.2, -0.15) is 0 Å². The Bertz CT molecular complexity index is 357. The summed E-state index contributed by atoms with van der Waals surface area (Å²) in [7, 11) is 0. The zero-order valence-corrected chi connectivity index (χ0v) is 9.10. The number of halogens is 1. The fourth-order valence-corrected chi connectivity index (χ4v) is 2.19. The number of benzene rings is 1. The van der Waals surface area contributed by atoms with Crippen LogP contribution in [0.3, 0.4) is 0 Å². The topological polar surface area (TPSA) is 17.1 Å². The molecule has 1 atom stereocenters. The molecule has 13 heavy (non-hydrogen) atoms. The summed E-state index contributed by atoms with van der Waals surface area (Å²) in [6.07, 6.45) is 2.02. The molecule has 0 amide bonds. The highest BCUT2D eigenvalue weighted by atomic mass is 79.9. The maximum atomic E-state index is 11.7. The minimum absolute atomic E-state index is 0.202. The van der Waals surface area contributed by atoms with E-state index in [2.05, 4.69) is 22.0 Å². The van der Waals surface area contributed by atoms with Crippen LogP contribution in [0.25, 0.3) is 0 Å². The second-order valence-electron chi connectivity index (χ2n) is 3.61. The van der Waals surface area contributed by atoms with E-state index < -0.39 is 0 Å². The molecule has 1 aromatic carbocycles. The first-order valence-corrected chi connectivity index (χ1v) is 5.30. The summed E-state index contributed by atoms with van der Waals surface area (Å²) < 4.78 is 1.06. The maximum absolute atomic E-state index is 11.7. The molecule has 0 aromatic heterocycles. The second-order valence-corrected chi connectivity index (χ2v) is 4.52. The average molecular weight is 239 g/mol. The van der Waals surface area contributed by atoms with Crippen molar-refractivity contribution in [1.82, 2.24) is 0 Å². The fraction of sp³-hybridized carbons (Fsp3) is 0.364. The molecule has 0 N–H and O–H groups in total. The number of hydrogen-bond donors (Lipinski definition) is 0. The highest BCUT2D eigenvalue weighted by Gasteiger charge is 2.23. The Labute approximate surface area is 86.3 Å². The quantitative estimate of drug-likeness (QED) is 0.679. The molecular weight excluding hydrogens is 228 g/mol. The lowest BCUT2D eigenvalue weighted by atomic mass is 9.84. The lowest BCUT2D eigenvalue weighted by Crippen LogP contribution is -2.19. The van der Waals surface area contributed by atoms with Crippen molar-refractivity contribution in [2.45, 2.75) is 19.8 Å². The molecule has 0 heterocycles. The molecule has 68 valence electrons. The molecule has 0 aliphatic heterocycles. The zero-order chi connectivity index (χ0) is 9.42. The molecule has 0 spiro atoms. The van der Waals surface area contributed by atoms with Crippen molar-refractivity contribution >= 4 is 21.7 Å². The maximum Gasteiger partial charge on any atom is 0.165 e. The van der Waals surface area contributed by atoms with Crippen LogP contribution in [-0.4, -0.2) is 5.78 Å². The standard InChI is InChI=1S/C11H11BrO/c1-7-2-3-8-6-9(12)4-5-10(8)11(7)13/h4-7H,2-3H2,1H3. The summed E-state index contributed by atoms with van der Waals surface area (Å²) in [4.78, 5) is 11.7. The lowest BCUT2D eigenvalue weighted by molar-refractivity contribution is 0.0913. The van der Waals surface area contributed by atoms with Crippen molar-refractivity contribution in [3.63, 3.8) is 0 Å². The highest BCUT2D eigenvalue weighted by Crippen LogP contribution is 2.27. The van der Waals surface area contributed by atoms with Crippen LogP contribution in [0.4, 0.5) is 0 Å². The van der Waals surface area contributed by atoms with Crippen molar-refractivity contribution in [1.29, 1.82) is 0 Å². The summed E-state index contributed by atoms with van der Waals surface area (Å²) in [5, 5.41) is 0. The van der Waals surface area contributed by atoms with Crippen LogP contribution in [0.5, 0.6) is 0 Å². The lowest BCUT2D eigenvalue weighted by Gasteiger charge is -2.19. The average Bonchev–Trinajstić information content (AvgIpc) is 2.12. The predicted octanol–water partition coefficient (Wildman–Crippen LogP) is 3.21. The molecule has 0 saturated carbocycles. The van der Waals surface area contributed by atoms with Gasteiger partial charge in [-0.1, -0.05) is 28.9 Å². The Hall–Kier alpha value is -0.630. The monoisotopic (exact) mass is 238 g/mol. The zero-order valence-electron chi connectivity index (χ0n) is 7.51. The molecule has 2 rings (SSSR count). The van der Waals surface area contributed by atoms with Crippen molar-refractivity contribution in [2.75, 3.05) is 0 Å². The largest absolute Gasteiger partial charge is 0.294 e. The molecule has 0 radical (unpaired) electrons. The Morgan fingerprint density at radius 3 is 3.00 bits per heavy atom. The predicted molar refractivity (Wildman–Crippen MR) is 56.0 cm³/mol. The number of hydrogen-bond acceptors (Lipinski definition) is 1. The Morgan fingerprint density at radius 1 is 1.46 bits per heavy atom. The van der Waals surface area contributed by atoms with Crippen LogP contribution in [0.1, 0.15) is 29.3 Å². The highest BCUT2D eigenvalue weighted by molar-refractivity contribution is 9.10. The number of ketones is 1. The molecule has 2 heteroatoms. The number of rotatable bonds is 0. The van der Waals surface area contributed by atoms with Crippen LogP contribution in [0.2, 0.25) is 0 Å². The first kappa shape index (κ1) is 8.95. The van der Waals surface area contributed by atoms with Crippen LogP contribution >= 0.6 is 15.9 Å². The number of fused-ring (bicyclic) bond motifs is 1. The third-order valence-corrected chi connectivity index (χ3v) is 3.12. The van der Waals surface area contributed by atoms with E-state index in [1.807, 2.05) is 19.1 Å². The van der Waals surface area contributed by atoms with Crippen LogP contribution in [-0.2, 0) is 6.42 Å². The van der Waals surface area contributed by atoms with Gasteiger partial charge in [0.05, 0.1) is 0 Å². The molecule has 1 unspecified atom stereocenters. The van der Waals surface area contributed by atoms with Crippen LogP contribution in [0, 0.1) is 5.92 Å². The van der Waals surface area contributed by atoms with Crippen LogP contribution < -0.4 is 0 Å². The van der Waals surface area contributed by atoms with E-state index in [4.69, 9.17) is 0 Å². The smallest absolute Gasteiger partial charge is 0.165 e. The number of aryl methyl sites for hydroxylation is 1. The van der Waals surface area contributed by atoms with Gasteiger partial charge in [0.1, 0.15) is 0 Å². The molecule has 1 nitrogen and oxygen atoms in total. The van der Waals surface area contributed by atoms with Gasteiger partial charge in [-0.15, -0.1) is 0 Å². The van der Waals surface area contributed by atoms with Gasteiger partial charge in [-0.25, -0.2) is 0 Å². The summed E-state index contributed by atoms with van der Waals surface area (Å²) in [5.74, 6) is 0.502. The normalized spacial score (nSPS) is 21.4. The number of Topliss-reactive ketones (excluding diaryl/α,β-unsaturated/α-hetero) is 1. The molecule has 1 aromatic rings. The van der Waals surface area contributed by atoms with Gasteiger partial charge in [0.2, 0.25) is 0 Å². The summed E-state index contributed by atoms with van der Waals surface area (Å²) in [5.41, 5.74) is 2.11. The van der Waals surface area contributed by atoms with E-state index in [0.717, 1.165) is 22.9 Å². The van der Waals surface area contributed by atoms with Crippen molar-refractivity contribution < 1.29 is 4.79 Å². The van der Waals surface area contributed by atoms with E-state index in [1.54, 1.807) is 0 Å². The van der Waals surface area contributed by atoms with Crippen molar-refractivity contribution in [3.05, 3.63) is 33.8 Å². The van der Waals surface area contributed by atoms with Gasteiger partial charge in [0.15, 0.2) is 5.78 Å². The number of carbonyl (C=O) groups excluding carboxylic acids is 1. The van der Waals surface area contributed by atoms with Gasteiger partial charge < -0.3 is 0 Å². The fourth-order valence-electron chi connectivity index (χ4n) is 1.78. The molecule has 1 aliphatic rings. The van der Waals surface area contributed by atoms with Gasteiger partial charge in [0, 0.05) is 16.0 Å². The third kappa shape index (κ3) is 1.55. The van der Waals surface area contributed by atoms with Crippen molar-refractivity contribution in [2.24, 2.45) is 5.92 Å². The van der Waals surface area contributed by atoms with Gasteiger partial charge in [-0.3, -0.25) is 4.79 Å². The third-order valence-electron chi connectivity index (χ3n) is 2.63. The molecule has 1 aliphatic carbocycles. The SMILES string of the molecule is CC1CCc2cc(Br)ccc2C1=O. The van der Waals surface area contributed by atoms with E-state index in [-0.39, 0.29) is 5.92 Å². The van der Waals surface area contributed by atoms with Gasteiger partial charge >= 0.3 is 0 Å². The van der Waals surface area contributed by atoms with E-state index in [9.17, 15) is 4.79 Å². The van der Waals surface area contributed by atoms with Crippen molar-refractivity contribution in [3.8, 4) is 0 Å². The summed E-state index contributed by atoms with van der Waals surface area (Å²) in [6.45, 7) is 2.01. The first-order valence-electron chi connectivity index (χ1n) is 4.51. The minimum atomic E-state index is 0.202.